The summed E-state index contributed by atoms with van der Waals surface area (Å²) in [4.78, 5) is 0. The van der Waals surface area contributed by atoms with E-state index < -0.39 is 0 Å². The second-order valence-corrected chi connectivity index (χ2v) is 5.11. The van der Waals surface area contributed by atoms with Crippen LogP contribution < -0.4 is 5.32 Å². The van der Waals surface area contributed by atoms with Gasteiger partial charge in [-0.05, 0) is 44.0 Å². The van der Waals surface area contributed by atoms with Crippen LogP contribution in [0, 0.1) is 0 Å². The molecular formula is C11H23N5. The van der Waals surface area contributed by atoms with Gasteiger partial charge in [0, 0.05) is 5.54 Å². The van der Waals surface area contributed by atoms with Crippen LogP contribution >= 0.6 is 0 Å². The normalized spacial score (nSPS) is 12.4. The Morgan fingerprint density at radius 1 is 1.25 bits per heavy atom. The monoisotopic (exact) mass is 225 g/mol. The molecule has 0 radical (unpaired) electrons. The average Bonchev–Trinajstić information content (AvgIpc) is 2.64. The molecule has 5 heteroatoms. The Morgan fingerprint density at radius 2 is 1.88 bits per heavy atom. The van der Waals surface area contributed by atoms with E-state index in [1.165, 1.54) is 0 Å². The second-order valence-electron chi connectivity index (χ2n) is 5.11. The lowest BCUT2D eigenvalue weighted by Gasteiger charge is -2.21. The van der Waals surface area contributed by atoms with E-state index in [1.807, 2.05) is 4.68 Å². The smallest absolute Gasteiger partial charge is 0.165 e. The first kappa shape index (κ1) is 13.1. The predicted molar refractivity (Wildman–Crippen MR) is 64.0 cm³/mol. The molecule has 0 saturated carbocycles. The van der Waals surface area contributed by atoms with E-state index in [2.05, 4.69) is 55.5 Å². The first-order valence-electron chi connectivity index (χ1n) is 5.99. The quantitative estimate of drug-likeness (QED) is 0.832. The van der Waals surface area contributed by atoms with Crippen LogP contribution in [0.1, 0.15) is 59.3 Å². The Morgan fingerprint density at radius 3 is 2.38 bits per heavy atom. The molecule has 1 aromatic rings. The van der Waals surface area contributed by atoms with Gasteiger partial charge in [0.25, 0.3) is 0 Å². The van der Waals surface area contributed by atoms with Crippen molar-refractivity contribution in [1.82, 2.24) is 25.5 Å². The number of rotatable bonds is 5. The van der Waals surface area contributed by atoms with Gasteiger partial charge in [0.05, 0.1) is 12.6 Å². The summed E-state index contributed by atoms with van der Waals surface area (Å²) in [6.07, 6.45) is 2.12. The largest absolute Gasteiger partial charge is 0.305 e. The van der Waals surface area contributed by atoms with Gasteiger partial charge in [0.2, 0.25) is 0 Å². The molecule has 1 aromatic heterocycles. The van der Waals surface area contributed by atoms with Crippen molar-refractivity contribution >= 4 is 0 Å². The van der Waals surface area contributed by atoms with Gasteiger partial charge in [-0.2, -0.15) is 0 Å². The fourth-order valence-corrected chi connectivity index (χ4v) is 1.59. The minimum Gasteiger partial charge on any atom is -0.305 e. The topological polar surface area (TPSA) is 55.6 Å². The van der Waals surface area contributed by atoms with Crippen molar-refractivity contribution in [3.63, 3.8) is 0 Å². The van der Waals surface area contributed by atoms with E-state index in [9.17, 15) is 0 Å². The van der Waals surface area contributed by atoms with Crippen LogP contribution in [0.3, 0.4) is 0 Å². The summed E-state index contributed by atoms with van der Waals surface area (Å²) in [6.45, 7) is 11.5. The van der Waals surface area contributed by atoms with E-state index in [-0.39, 0.29) is 5.54 Å². The van der Waals surface area contributed by atoms with Gasteiger partial charge in [-0.25, -0.2) is 4.68 Å². The van der Waals surface area contributed by atoms with Crippen molar-refractivity contribution in [3.05, 3.63) is 5.82 Å². The third kappa shape index (κ3) is 3.56. The van der Waals surface area contributed by atoms with Gasteiger partial charge in [0.1, 0.15) is 0 Å². The molecule has 1 heterocycles. The third-order valence-electron chi connectivity index (χ3n) is 2.63. The molecule has 0 aromatic carbocycles. The maximum atomic E-state index is 4.08. The van der Waals surface area contributed by atoms with Crippen molar-refractivity contribution < 1.29 is 0 Å². The number of nitrogens with one attached hydrogen (secondary N) is 1. The lowest BCUT2D eigenvalue weighted by atomic mass is 10.1. The highest BCUT2D eigenvalue weighted by atomic mass is 15.6. The first-order chi connectivity index (χ1) is 7.48. The van der Waals surface area contributed by atoms with E-state index >= 15 is 0 Å². The van der Waals surface area contributed by atoms with E-state index in [1.54, 1.807) is 0 Å². The molecule has 1 N–H and O–H groups in total. The highest BCUT2D eigenvalue weighted by molar-refractivity contribution is 4.86. The van der Waals surface area contributed by atoms with Crippen LogP contribution in [-0.2, 0) is 6.54 Å². The fourth-order valence-electron chi connectivity index (χ4n) is 1.59. The Kier molecular flexibility index (Phi) is 4.41. The molecule has 0 atom stereocenters. The van der Waals surface area contributed by atoms with Crippen molar-refractivity contribution in [2.45, 2.75) is 65.6 Å². The number of hydrogen-bond acceptors (Lipinski definition) is 4. The Labute approximate surface area is 97.6 Å². The molecule has 0 amide bonds. The van der Waals surface area contributed by atoms with Crippen molar-refractivity contribution in [2.75, 3.05) is 0 Å². The maximum Gasteiger partial charge on any atom is 0.165 e. The molecular weight excluding hydrogens is 202 g/mol. The molecule has 5 nitrogen and oxygen atoms in total. The van der Waals surface area contributed by atoms with Crippen LogP contribution in [0.2, 0.25) is 0 Å². The Hall–Kier alpha value is -0.970. The SMILES string of the molecule is CCC(CC)n1nnnc1CNC(C)(C)C. The van der Waals surface area contributed by atoms with Gasteiger partial charge >= 0.3 is 0 Å². The first-order valence-corrected chi connectivity index (χ1v) is 5.99. The standard InChI is InChI=1S/C11H23N5/c1-6-9(7-2)16-10(13-14-15-16)8-12-11(3,4)5/h9,12H,6-8H2,1-5H3. The van der Waals surface area contributed by atoms with Crippen molar-refractivity contribution in [3.8, 4) is 0 Å². The van der Waals surface area contributed by atoms with Crippen LogP contribution in [0.5, 0.6) is 0 Å². The van der Waals surface area contributed by atoms with Crippen LogP contribution in [0.15, 0.2) is 0 Å². The summed E-state index contributed by atoms with van der Waals surface area (Å²) >= 11 is 0. The summed E-state index contributed by atoms with van der Waals surface area (Å²) in [6, 6.07) is 0.409. The average molecular weight is 225 g/mol. The molecule has 0 bridgehead atoms. The predicted octanol–water partition coefficient (Wildman–Crippen LogP) is 1.92. The van der Waals surface area contributed by atoms with Gasteiger partial charge < -0.3 is 5.32 Å². The zero-order valence-corrected chi connectivity index (χ0v) is 11.0. The Bertz CT molecular complexity index is 308. The highest BCUT2D eigenvalue weighted by Crippen LogP contribution is 2.15. The molecule has 0 unspecified atom stereocenters. The molecule has 0 aliphatic heterocycles. The molecule has 16 heavy (non-hydrogen) atoms. The number of aromatic nitrogens is 4. The molecule has 0 fully saturated rings. The number of hydrogen-bond donors (Lipinski definition) is 1. The van der Waals surface area contributed by atoms with Gasteiger partial charge in [0.15, 0.2) is 5.82 Å². The van der Waals surface area contributed by atoms with Gasteiger partial charge in [-0.15, -0.1) is 5.10 Å². The van der Waals surface area contributed by atoms with Crippen molar-refractivity contribution in [2.24, 2.45) is 0 Å². The lowest BCUT2D eigenvalue weighted by molar-refractivity contribution is 0.373. The van der Waals surface area contributed by atoms with Crippen molar-refractivity contribution in [1.29, 1.82) is 0 Å². The Balaban J connectivity index is 2.70. The fraction of sp³-hybridized carbons (Fsp3) is 0.909. The van der Waals surface area contributed by atoms with Gasteiger partial charge in [-0.3, -0.25) is 0 Å². The molecule has 0 spiro atoms. The molecule has 0 aliphatic carbocycles. The minimum atomic E-state index is 0.0880. The number of tetrazole rings is 1. The molecule has 0 saturated heterocycles. The summed E-state index contributed by atoms with van der Waals surface area (Å²) in [5.41, 5.74) is 0.0880. The summed E-state index contributed by atoms with van der Waals surface area (Å²) in [5, 5.41) is 15.3. The molecule has 1 rings (SSSR count). The number of nitrogens with zero attached hydrogens (tertiary/aromatic N) is 4. The summed E-state index contributed by atoms with van der Waals surface area (Å²) < 4.78 is 1.94. The van der Waals surface area contributed by atoms with E-state index in [4.69, 9.17) is 0 Å². The molecule has 0 aliphatic rings. The minimum absolute atomic E-state index is 0.0880. The lowest BCUT2D eigenvalue weighted by Crippen LogP contribution is -2.36. The van der Waals surface area contributed by atoms with Crippen LogP contribution in [0.4, 0.5) is 0 Å². The van der Waals surface area contributed by atoms with E-state index in [0.717, 1.165) is 18.7 Å². The third-order valence-corrected chi connectivity index (χ3v) is 2.63. The maximum absolute atomic E-state index is 4.08. The zero-order chi connectivity index (χ0) is 12.2. The van der Waals surface area contributed by atoms with Crippen LogP contribution in [-0.4, -0.2) is 25.7 Å². The zero-order valence-electron chi connectivity index (χ0n) is 11.0. The van der Waals surface area contributed by atoms with Crippen LogP contribution in [0.25, 0.3) is 0 Å². The highest BCUT2D eigenvalue weighted by Gasteiger charge is 2.16. The van der Waals surface area contributed by atoms with E-state index in [0.29, 0.717) is 12.6 Å². The summed E-state index contributed by atoms with van der Waals surface area (Å²) in [5.74, 6) is 0.920. The van der Waals surface area contributed by atoms with Gasteiger partial charge in [-0.1, -0.05) is 13.8 Å². The summed E-state index contributed by atoms with van der Waals surface area (Å²) in [7, 11) is 0. The second kappa shape index (κ2) is 5.39. The molecule has 92 valence electrons.